The quantitative estimate of drug-likeness (QED) is 0.634. The molecule has 0 aromatic heterocycles. The summed E-state index contributed by atoms with van der Waals surface area (Å²) in [5, 5.41) is 0. The minimum absolute atomic E-state index is 0.186. The molecular formula is C21H21NO3S. The maximum absolute atomic E-state index is 12.5. The van der Waals surface area contributed by atoms with E-state index in [2.05, 4.69) is 18.6 Å². The Morgan fingerprint density at radius 2 is 1.35 bits per heavy atom. The number of sulfonamides is 1. The van der Waals surface area contributed by atoms with Crippen molar-refractivity contribution in [1.82, 2.24) is 0 Å². The zero-order chi connectivity index (χ0) is 18.6. The van der Waals surface area contributed by atoms with Gasteiger partial charge in [0.2, 0.25) is 0 Å². The van der Waals surface area contributed by atoms with Gasteiger partial charge >= 0.3 is 0 Å². The van der Waals surface area contributed by atoms with Crippen molar-refractivity contribution in [3.05, 3.63) is 84.4 Å². The first-order valence-corrected chi connectivity index (χ1v) is 9.88. The number of ether oxygens (including phenoxy) is 1. The third-order valence-electron chi connectivity index (χ3n) is 3.94. The van der Waals surface area contributed by atoms with Crippen LogP contribution in [0.4, 0.5) is 5.69 Å². The van der Waals surface area contributed by atoms with E-state index in [1.165, 1.54) is 12.1 Å². The van der Waals surface area contributed by atoms with Crippen molar-refractivity contribution in [2.75, 3.05) is 4.72 Å². The lowest BCUT2D eigenvalue weighted by molar-refractivity contribution is 0.482. The molecule has 0 saturated heterocycles. The van der Waals surface area contributed by atoms with Crippen LogP contribution in [0.15, 0.2) is 83.8 Å². The molecule has 5 heteroatoms. The second-order valence-electron chi connectivity index (χ2n) is 6.27. The summed E-state index contributed by atoms with van der Waals surface area (Å²) in [5.41, 5.74) is 1.70. The van der Waals surface area contributed by atoms with Crippen LogP contribution < -0.4 is 9.46 Å². The summed E-state index contributed by atoms with van der Waals surface area (Å²) in [4.78, 5) is 0.186. The largest absolute Gasteiger partial charge is 0.457 e. The minimum atomic E-state index is -3.64. The summed E-state index contributed by atoms with van der Waals surface area (Å²) in [6.45, 7) is 4.19. The predicted molar refractivity (Wildman–Crippen MR) is 104 cm³/mol. The van der Waals surface area contributed by atoms with Crippen LogP contribution >= 0.6 is 0 Å². The van der Waals surface area contributed by atoms with E-state index in [9.17, 15) is 8.42 Å². The van der Waals surface area contributed by atoms with Crippen LogP contribution in [0.1, 0.15) is 25.3 Å². The lowest BCUT2D eigenvalue weighted by atomic mass is 10.0. The highest BCUT2D eigenvalue weighted by Gasteiger charge is 2.14. The first-order chi connectivity index (χ1) is 12.4. The lowest BCUT2D eigenvalue weighted by Crippen LogP contribution is -2.12. The number of anilines is 1. The van der Waals surface area contributed by atoms with Crippen molar-refractivity contribution < 1.29 is 13.2 Å². The number of benzene rings is 3. The van der Waals surface area contributed by atoms with Crippen molar-refractivity contribution in [3.63, 3.8) is 0 Å². The summed E-state index contributed by atoms with van der Waals surface area (Å²) in [6, 6.07) is 23.1. The molecule has 26 heavy (non-hydrogen) atoms. The molecule has 0 fully saturated rings. The Bertz CT molecular complexity index is 948. The highest BCUT2D eigenvalue weighted by atomic mass is 32.2. The van der Waals surface area contributed by atoms with Gasteiger partial charge in [-0.15, -0.1) is 0 Å². The van der Waals surface area contributed by atoms with Gasteiger partial charge in [-0.2, -0.15) is 0 Å². The van der Waals surface area contributed by atoms with Crippen molar-refractivity contribution >= 4 is 15.7 Å². The van der Waals surface area contributed by atoms with Gasteiger partial charge in [0.25, 0.3) is 10.0 Å². The van der Waals surface area contributed by atoms with Crippen molar-refractivity contribution in [2.24, 2.45) is 0 Å². The van der Waals surface area contributed by atoms with Gasteiger partial charge in [-0.3, -0.25) is 4.72 Å². The molecule has 3 aromatic rings. The Labute approximate surface area is 154 Å². The van der Waals surface area contributed by atoms with Gasteiger partial charge in [0.05, 0.1) is 4.90 Å². The average Bonchev–Trinajstić information content (AvgIpc) is 2.63. The van der Waals surface area contributed by atoms with Crippen LogP contribution in [0.5, 0.6) is 11.5 Å². The Kier molecular flexibility index (Phi) is 5.28. The van der Waals surface area contributed by atoms with Crippen LogP contribution in [0, 0.1) is 0 Å². The fourth-order valence-corrected chi connectivity index (χ4v) is 3.52. The molecule has 0 bridgehead atoms. The van der Waals surface area contributed by atoms with E-state index in [4.69, 9.17) is 4.74 Å². The number of hydrogen-bond donors (Lipinski definition) is 1. The van der Waals surface area contributed by atoms with Crippen LogP contribution in [0.3, 0.4) is 0 Å². The fraction of sp³-hybridized carbons (Fsp3) is 0.143. The molecule has 0 unspecified atom stereocenters. The van der Waals surface area contributed by atoms with Crippen molar-refractivity contribution in [2.45, 2.75) is 24.7 Å². The van der Waals surface area contributed by atoms with Gasteiger partial charge in [-0.05, 0) is 60.0 Å². The smallest absolute Gasteiger partial charge is 0.261 e. The first-order valence-electron chi connectivity index (χ1n) is 8.40. The summed E-state index contributed by atoms with van der Waals surface area (Å²) in [6.07, 6.45) is 0. The molecular weight excluding hydrogens is 346 g/mol. The SMILES string of the molecule is CC(C)c1ccc(NS(=O)(=O)c2ccc(Oc3ccccc3)cc2)cc1. The summed E-state index contributed by atoms with van der Waals surface area (Å²) >= 11 is 0. The molecule has 4 nitrogen and oxygen atoms in total. The fourth-order valence-electron chi connectivity index (χ4n) is 2.46. The molecule has 3 aromatic carbocycles. The molecule has 0 atom stereocenters. The third-order valence-corrected chi connectivity index (χ3v) is 5.34. The molecule has 0 aliphatic heterocycles. The maximum Gasteiger partial charge on any atom is 0.261 e. The van der Waals surface area contributed by atoms with E-state index >= 15 is 0 Å². The topological polar surface area (TPSA) is 55.4 Å². The van der Waals surface area contributed by atoms with Gasteiger partial charge in [-0.25, -0.2) is 8.42 Å². The zero-order valence-corrected chi connectivity index (χ0v) is 15.5. The molecule has 134 valence electrons. The molecule has 0 aliphatic rings. The summed E-state index contributed by atoms with van der Waals surface area (Å²) in [7, 11) is -3.64. The second kappa shape index (κ2) is 7.62. The van der Waals surface area contributed by atoms with Crippen LogP contribution in [-0.2, 0) is 10.0 Å². The number of hydrogen-bond acceptors (Lipinski definition) is 3. The summed E-state index contributed by atoms with van der Waals surface area (Å²) < 4.78 is 33.4. The number of rotatable bonds is 6. The molecule has 0 aliphatic carbocycles. The van der Waals surface area contributed by atoms with Crippen molar-refractivity contribution in [1.29, 1.82) is 0 Å². The summed E-state index contributed by atoms with van der Waals surface area (Å²) in [5.74, 6) is 1.68. The number of nitrogens with one attached hydrogen (secondary N) is 1. The Morgan fingerprint density at radius 1 is 0.769 bits per heavy atom. The lowest BCUT2D eigenvalue weighted by Gasteiger charge is -2.11. The Balaban J connectivity index is 1.72. The standard InChI is InChI=1S/C21H21NO3S/c1-16(2)17-8-10-18(11-9-17)22-26(23,24)21-14-12-20(13-15-21)25-19-6-4-3-5-7-19/h3-16,22H,1-2H3. The second-order valence-corrected chi connectivity index (χ2v) is 7.95. The van der Waals surface area contributed by atoms with Gasteiger partial charge in [0.1, 0.15) is 11.5 Å². The van der Waals surface area contributed by atoms with Crippen LogP contribution in [-0.4, -0.2) is 8.42 Å². The molecule has 0 radical (unpaired) electrons. The average molecular weight is 367 g/mol. The van der Waals surface area contributed by atoms with E-state index in [-0.39, 0.29) is 4.90 Å². The van der Waals surface area contributed by atoms with Crippen LogP contribution in [0.25, 0.3) is 0 Å². The molecule has 3 rings (SSSR count). The van der Waals surface area contributed by atoms with E-state index in [0.29, 0.717) is 23.1 Å². The predicted octanol–water partition coefficient (Wildman–Crippen LogP) is 5.40. The highest BCUT2D eigenvalue weighted by molar-refractivity contribution is 7.92. The minimum Gasteiger partial charge on any atom is -0.457 e. The maximum atomic E-state index is 12.5. The Morgan fingerprint density at radius 3 is 1.92 bits per heavy atom. The zero-order valence-electron chi connectivity index (χ0n) is 14.7. The van der Waals surface area contributed by atoms with Crippen molar-refractivity contribution in [3.8, 4) is 11.5 Å². The Hall–Kier alpha value is -2.79. The monoisotopic (exact) mass is 367 g/mol. The molecule has 1 N–H and O–H groups in total. The van der Waals surface area contributed by atoms with E-state index in [1.54, 1.807) is 24.3 Å². The molecule has 0 heterocycles. The van der Waals surface area contributed by atoms with Gasteiger partial charge in [0, 0.05) is 5.69 Å². The van der Waals surface area contributed by atoms with E-state index in [1.807, 2.05) is 42.5 Å². The third kappa shape index (κ3) is 4.43. The molecule has 0 spiro atoms. The molecule has 0 saturated carbocycles. The van der Waals surface area contributed by atoms with Gasteiger partial charge in [-0.1, -0.05) is 44.2 Å². The highest BCUT2D eigenvalue weighted by Crippen LogP contribution is 2.24. The van der Waals surface area contributed by atoms with Gasteiger partial charge < -0.3 is 4.74 Å². The normalized spacial score (nSPS) is 11.3. The first kappa shape index (κ1) is 18.0. The van der Waals surface area contributed by atoms with Gasteiger partial charge in [0.15, 0.2) is 0 Å². The number of para-hydroxylation sites is 1. The molecule has 0 amide bonds. The van der Waals surface area contributed by atoms with E-state index in [0.717, 1.165) is 5.56 Å². The van der Waals surface area contributed by atoms with Crippen LogP contribution in [0.2, 0.25) is 0 Å². The van der Waals surface area contributed by atoms with E-state index < -0.39 is 10.0 Å².